The van der Waals surface area contributed by atoms with Crippen molar-refractivity contribution in [3.05, 3.63) is 105 Å². The summed E-state index contributed by atoms with van der Waals surface area (Å²) >= 11 is 6.49. The van der Waals surface area contributed by atoms with Crippen molar-refractivity contribution in [2.75, 3.05) is 25.3 Å². The Hall–Kier alpha value is -3.63. The SMILES string of the molecule is COc1ccc(CN2C(=O)Nc3ccc(Br)cc3S2(=O)=O)cc1.COc1ccc(CNS(=O)(=O)c2cc(Br)ccc2N)cc1. The Kier molecular flexibility index (Phi) is 10.6. The Morgan fingerprint density at radius 2 is 1.39 bits per heavy atom. The third-order valence-electron chi connectivity index (χ3n) is 6.36. The Morgan fingerprint density at radius 1 is 0.841 bits per heavy atom. The number of carbonyl (C=O) groups is 1. The van der Waals surface area contributed by atoms with E-state index in [9.17, 15) is 21.6 Å². The number of fused-ring (bicyclic) bond motifs is 1. The molecule has 0 saturated heterocycles. The van der Waals surface area contributed by atoms with Gasteiger partial charge in [-0.1, -0.05) is 56.1 Å². The van der Waals surface area contributed by atoms with Crippen molar-refractivity contribution >= 4 is 69.3 Å². The van der Waals surface area contributed by atoms with Gasteiger partial charge in [0.25, 0.3) is 10.0 Å². The molecule has 4 N–H and O–H groups in total. The van der Waals surface area contributed by atoms with Crippen LogP contribution in [0.3, 0.4) is 0 Å². The maximum atomic E-state index is 12.7. The Labute approximate surface area is 272 Å². The summed E-state index contributed by atoms with van der Waals surface area (Å²) in [5.74, 6) is 1.38. The smallest absolute Gasteiger partial charge is 0.336 e. The summed E-state index contributed by atoms with van der Waals surface area (Å²) in [6.45, 7) is 0.127. The van der Waals surface area contributed by atoms with Crippen molar-refractivity contribution in [2.45, 2.75) is 22.9 Å². The van der Waals surface area contributed by atoms with Gasteiger partial charge in [0, 0.05) is 15.5 Å². The summed E-state index contributed by atoms with van der Waals surface area (Å²) in [5, 5.41) is 2.60. The number of nitrogen functional groups attached to an aromatic ring is 1. The summed E-state index contributed by atoms with van der Waals surface area (Å²) in [7, 11) is -4.45. The zero-order chi connectivity index (χ0) is 32.1. The molecule has 4 aromatic carbocycles. The molecule has 1 aliphatic rings. The lowest BCUT2D eigenvalue weighted by Gasteiger charge is -2.29. The predicted molar refractivity (Wildman–Crippen MR) is 174 cm³/mol. The quantitative estimate of drug-likeness (QED) is 0.193. The Morgan fingerprint density at radius 3 is 1.98 bits per heavy atom. The van der Waals surface area contributed by atoms with Crippen molar-refractivity contribution in [1.29, 1.82) is 0 Å². The van der Waals surface area contributed by atoms with Crippen LogP contribution in [0, 0.1) is 0 Å². The predicted octanol–water partition coefficient (Wildman–Crippen LogP) is 5.71. The molecule has 4 aromatic rings. The van der Waals surface area contributed by atoms with Gasteiger partial charge in [0.2, 0.25) is 10.0 Å². The molecular formula is C29H28Br2N4O7S2. The molecule has 0 spiro atoms. The molecule has 232 valence electrons. The van der Waals surface area contributed by atoms with Crippen LogP contribution >= 0.6 is 31.9 Å². The van der Waals surface area contributed by atoms with E-state index in [1.165, 1.54) is 12.1 Å². The molecule has 1 heterocycles. The third-order valence-corrected chi connectivity index (χ3v) is 10.6. The van der Waals surface area contributed by atoms with Gasteiger partial charge < -0.3 is 20.5 Å². The first-order valence-electron chi connectivity index (χ1n) is 12.8. The number of methoxy groups -OCH3 is 2. The average Bonchev–Trinajstić information content (AvgIpc) is 3.01. The fourth-order valence-electron chi connectivity index (χ4n) is 4.01. The molecule has 44 heavy (non-hydrogen) atoms. The van der Waals surface area contributed by atoms with Crippen LogP contribution in [0.2, 0.25) is 0 Å². The zero-order valence-corrected chi connectivity index (χ0v) is 28.3. The van der Waals surface area contributed by atoms with Gasteiger partial charge in [-0.05, 0) is 71.8 Å². The van der Waals surface area contributed by atoms with Crippen LogP contribution in [0.5, 0.6) is 11.5 Å². The van der Waals surface area contributed by atoms with Gasteiger partial charge in [-0.2, -0.15) is 0 Å². The van der Waals surface area contributed by atoms with Crippen LogP contribution < -0.4 is 25.2 Å². The molecule has 0 unspecified atom stereocenters. The fourth-order valence-corrected chi connectivity index (χ4v) is 7.70. The van der Waals surface area contributed by atoms with Gasteiger partial charge in [-0.25, -0.2) is 30.7 Å². The summed E-state index contributed by atoms with van der Waals surface area (Å²) < 4.78 is 64.7. The van der Waals surface area contributed by atoms with Gasteiger partial charge in [-0.3, -0.25) is 0 Å². The number of amides is 2. The van der Waals surface area contributed by atoms with Gasteiger partial charge >= 0.3 is 6.03 Å². The van der Waals surface area contributed by atoms with Gasteiger partial charge in [-0.15, -0.1) is 0 Å². The molecule has 0 fully saturated rings. The first-order valence-corrected chi connectivity index (χ1v) is 17.3. The molecule has 15 heteroatoms. The maximum Gasteiger partial charge on any atom is 0.336 e. The van der Waals surface area contributed by atoms with E-state index < -0.39 is 26.1 Å². The molecule has 0 atom stereocenters. The summed E-state index contributed by atoms with van der Waals surface area (Å²) in [6, 6.07) is 22.8. The normalized spacial score (nSPS) is 13.6. The molecule has 2 amide bonds. The standard InChI is InChI=1S/C15H13BrN2O4S.C14H15BrN2O3S/c1-22-12-5-2-10(3-6-12)9-18-15(19)17-13-7-4-11(16)8-14(13)23(18,20)21;1-20-12-5-2-10(3-6-12)9-17-21(18,19)14-8-11(15)4-7-13(14)16/h2-8H,9H2,1H3,(H,17,19);2-8,17H,9,16H2,1H3. The van der Waals surface area contributed by atoms with E-state index >= 15 is 0 Å². The lowest BCUT2D eigenvalue weighted by Crippen LogP contribution is -2.43. The van der Waals surface area contributed by atoms with E-state index in [1.807, 2.05) is 0 Å². The van der Waals surface area contributed by atoms with Crippen LogP contribution in [-0.2, 0) is 33.1 Å². The van der Waals surface area contributed by atoms with Gasteiger partial charge in [0.15, 0.2) is 0 Å². The first-order chi connectivity index (χ1) is 20.8. The zero-order valence-electron chi connectivity index (χ0n) is 23.5. The molecule has 0 aromatic heterocycles. The first kappa shape index (κ1) is 33.3. The number of carbonyl (C=O) groups excluding carboxylic acids is 1. The van der Waals surface area contributed by atoms with Crippen molar-refractivity contribution in [1.82, 2.24) is 9.03 Å². The summed E-state index contributed by atoms with van der Waals surface area (Å²) in [5.41, 5.74) is 7.73. The number of sulfonamides is 2. The topological polar surface area (TPSA) is 157 Å². The van der Waals surface area contributed by atoms with E-state index in [0.717, 1.165) is 15.6 Å². The van der Waals surface area contributed by atoms with Gasteiger partial charge in [0.1, 0.15) is 21.3 Å². The highest BCUT2D eigenvalue weighted by Crippen LogP contribution is 2.33. The number of nitrogens with zero attached hydrogens (tertiary/aromatic N) is 1. The van der Waals surface area contributed by atoms with Gasteiger partial charge in [0.05, 0.1) is 32.1 Å². The summed E-state index contributed by atoms with van der Waals surface area (Å²) in [4.78, 5) is 12.3. The second-order valence-electron chi connectivity index (χ2n) is 9.29. The van der Waals surface area contributed by atoms with E-state index in [-0.39, 0.29) is 34.3 Å². The molecule has 0 bridgehead atoms. The molecule has 0 radical (unpaired) electrons. The summed E-state index contributed by atoms with van der Waals surface area (Å²) in [6.07, 6.45) is 0. The Bertz CT molecular complexity index is 1870. The minimum atomic E-state index is -3.91. The minimum absolute atomic E-state index is 0.0515. The Balaban J connectivity index is 0.000000202. The highest BCUT2D eigenvalue weighted by atomic mass is 79.9. The minimum Gasteiger partial charge on any atom is -0.497 e. The number of hydrogen-bond donors (Lipinski definition) is 3. The molecule has 0 saturated carbocycles. The number of urea groups is 1. The number of rotatable bonds is 8. The molecule has 1 aliphatic heterocycles. The second kappa shape index (κ2) is 14.0. The number of ether oxygens (including phenoxy) is 2. The largest absolute Gasteiger partial charge is 0.497 e. The number of nitrogens with two attached hydrogens (primary N) is 1. The van der Waals surface area contributed by atoms with E-state index in [1.54, 1.807) is 87.0 Å². The molecule has 5 rings (SSSR count). The molecule has 11 nitrogen and oxygen atoms in total. The van der Waals surface area contributed by atoms with E-state index in [4.69, 9.17) is 15.2 Å². The lowest BCUT2D eigenvalue weighted by atomic mass is 10.2. The maximum absolute atomic E-state index is 12.7. The van der Waals surface area contributed by atoms with Crippen LogP contribution in [0.25, 0.3) is 0 Å². The highest BCUT2D eigenvalue weighted by molar-refractivity contribution is 9.10. The third kappa shape index (κ3) is 7.90. The van der Waals surface area contributed by atoms with Crippen LogP contribution in [-0.4, -0.2) is 41.4 Å². The number of benzene rings is 4. The van der Waals surface area contributed by atoms with E-state index in [2.05, 4.69) is 41.9 Å². The number of hydrogen-bond acceptors (Lipinski definition) is 8. The van der Waals surface area contributed by atoms with E-state index in [0.29, 0.717) is 20.3 Å². The van der Waals surface area contributed by atoms with Crippen LogP contribution in [0.1, 0.15) is 11.1 Å². The van der Waals surface area contributed by atoms with Crippen molar-refractivity contribution < 1.29 is 31.1 Å². The number of halogens is 2. The molecular weight excluding hydrogens is 740 g/mol. The van der Waals surface area contributed by atoms with Crippen LogP contribution in [0.4, 0.5) is 16.2 Å². The van der Waals surface area contributed by atoms with Crippen molar-refractivity contribution in [2.24, 2.45) is 0 Å². The average molecular weight is 769 g/mol. The second-order valence-corrected chi connectivity index (χ2v) is 14.7. The number of anilines is 2. The highest BCUT2D eigenvalue weighted by Gasteiger charge is 2.36. The monoisotopic (exact) mass is 766 g/mol. The van der Waals surface area contributed by atoms with Crippen LogP contribution in [0.15, 0.2) is 104 Å². The number of nitrogens with one attached hydrogen (secondary N) is 2. The molecule has 0 aliphatic carbocycles. The van der Waals surface area contributed by atoms with Crippen molar-refractivity contribution in [3.8, 4) is 11.5 Å². The lowest BCUT2D eigenvalue weighted by molar-refractivity contribution is 0.233. The fraction of sp³-hybridized carbons (Fsp3) is 0.138. The van der Waals surface area contributed by atoms with Crippen molar-refractivity contribution in [3.63, 3.8) is 0 Å².